The third kappa shape index (κ3) is 7.08. The summed E-state index contributed by atoms with van der Waals surface area (Å²) in [5, 5.41) is 0. The third-order valence-corrected chi connectivity index (χ3v) is 5.83. The predicted octanol–water partition coefficient (Wildman–Crippen LogP) is 4.78. The summed E-state index contributed by atoms with van der Waals surface area (Å²) in [6.45, 7) is 7.70. The van der Waals surface area contributed by atoms with E-state index in [1.165, 1.54) is 32.1 Å². The number of hydrogen-bond acceptors (Lipinski definition) is 5. The molecule has 0 aromatic rings. The normalized spacial score (nSPS) is 17.9. The van der Waals surface area contributed by atoms with Crippen molar-refractivity contribution < 1.29 is 23.7 Å². The molecule has 1 unspecified atom stereocenters. The fourth-order valence-electron chi connectivity index (χ4n) is 3.74. The smallest absolute Gasteiger partial charge is 0.285 e. The molecule has 156 valence electrons. The van der Waals surface area contributed by atoms with Gasteiger partial charge in [-0.3, -0.25) is 0 Å². The number of unbranched alkanes of at least 4 members (excludes halogenated alkanes) is 4. The molecule has 5 nitrogen and oxygen atoms in total. The van der Waals surface area contributed by atoms with Crippen LogP contribution in [0.25, 0.3) is 0 Å². The van der Waals surface area contributed by atoms with Crippen LogP contribution in [-0.2, 0) is 23.7 Å². The molecule has 0 aromatic carbocycles. The summed E-state index contributed by atoms with van der Waals surface area (Å²) in [5.74, 6) is -0.739. The Hall–Kier alpha value is -0.200. The summed E-state index contributed by atoms with van der Waals surface area (Å²) < 4.78 is 28.2. The molecule has 26 heavy (non-hydrogen) atoms. The largest absolute Gasteiger partial charge is 0.381 e. The Kier molecular flexibility index (Phi) is 12.0. The fraction of sp³-hybridized carbons (Fsp3) is 1.00. The van der Waals surface area contributed by atoms with Crippen LogP contribution in [0.3, 0.4) is 0 Å². The van der Waals surface area contributed by atoms with Crippen LogP contribution in [0.15, 0.2) is 0 Å². The van der Waals surface area contributed by atoms with Gasteiger partial charge in [-0.25, -0.2) is 0 Å². The Morgan fingerprint density at radius 1 is 0.885 bits per heavy atom. The van der Waals surface area contributed by atoms with Crippen molar-refractivity contribution in [2.45, 2.75) is 77.6 Å². The summed E-state index contributed by atoms with van der Waals surface area (Å²) >= 11 is 0. The molecule has 1 saturated heterocycles. The lowest BCUT2D eigenvalue weighted by Crippen LogP contribution is -2.46. The number of rotatable bonds is 17. The van der Waals surface area contributed by atoms with E-state index in [4.69, 9.17) is 23.7 Å². The molecule has 1 atom stereocenters. The summed E-state index contributed by atoms with van der Waals surface area (Å²) in [6, 6.07) is 0. The average molecular weight is 375 g/mol. The van der Waals surface area contributed by atoms with E-state index < -0.39 is 5.97 Å². The van der Waals surface area contributed by atoms with Gasteiger partial charge in [-0.15, -0.1) is 0 Å². The van der Waals surface area contributed by atoms with Crippen LogP contribution in [0.5, 0.6) is 0 Å². The first-order valence-electron chi connectivity index (χ1n) is 10.4. The molecule has 1 heterocycles. The zero-order chi connectivity index (χ0) is 19.3. The van der Waals surface area contributed by atoms with E-state index in [-0.39, 0.29) is 11.3 Å². The third-order valence-electron chi connectivity index (χ3n) is 5.83. The van der Waals surface area contributed by atoms with Crippen LogP contribution in [0, 0.1) is 11.3 Å². The highest BCUT2D eigenvalue weighted by Gasteiger charge is 2.39. The Bertz CT molecular complexity index is 326. The van der Waals surface area contributed by atoms with Gasteiger partial charge in [0.2, 0.25) is 0 Å². The molecule has 1 aliphatic heterocycles. The van der Waals surface area contributed by atoms with Gasteiger partial charge in [-0.05, 0) is 25.7 Å². The van der Waals surface area contributed by atoms with Gasteiger partial charge in [0.05, 0.1) is 19.8 Å². The van der Waals surface area contributed by atoms with E-state index in [1.54, 1.807) is 21.3 Å². The molecule has 0 amide bonds. The minimum Gasteiger partial charge on any atom is -0.381 e. The molecule has 1 rings (SSSR count). The highest BCUT2D eigenvalue weighted by atomic mass is 16.9. The zero-order valence-corrected chi connectivity index (χ0v) is 17.8. The van der Waals surface area contributed by atoms with Crippen molar-refractivity contribution in [1.82, 2.24) is 0 Å². The summed E-state index contributed by atoms with van der Waals surface area (Å²) in [6.07, 6.45) is 10.4. The van der Waals surface area contributed by atoms with Crippen molar-refractivity contribution in [3.63, 3.8) is 0 Å². The summed E-state index contributed by atoms with van der Waals surface area (Å²) in [4.78, 5) is 0. The SMILES string of the molecule is CCCCCCCC(CCCOCC1(CC)COC1)C(OC)(OC)OC. The highest BCUT2D eigenvalue weighted by molar-refractivity contribution is 4.83. The van der Waals surface area contributed by atoms with E-state index in [0.717, 1.165) is 52.1 Å². The maximum atomic E-state index is 5.95. The number of methoxy groups -OCH3 is 3. The van der Waals surface area contributed by atoms with Gasteiger partial charge in [0.25, 0.3) is 5.97 Å². The van der Waals surface area contributed by atoms with E-state index in [9.17, 15) is 0 Å². The van der Waals surface area contributed by atoms with Gasteiger partial charge >= 0.3 is 0 Å². The van der Waals surface area contributed by atoms with Crippen molar-refractivity contribution in [3.8, 4) is 0 Å². The first kappa shape index (κ1) is 23.8. The van der Waals surface area contributed by atoms with Crippen LogP contribution < -0.4 is 0 Å². The Balaban J connectivity index is 2.39. The summed E-state index contributed by atoms with van der Waals surface area (Å²) in [7, 11) is 4.99. The Labute approximate surface area is 161 Å². The van der Waals surface area contributed by atoms with Crippen molar-refractivity contribution in [2.24, 2.45) is 11.3 Å². The predicted molar refractivity (Wildman–Crippen MR) is 104 cm³/mol. The lowest BCUT2D eigenvalue weighted by molar-refractivity contribution is -0.380. The zero-order valence-electron chi connectivity index (χ0n) is 17.8. The molecule has 0 aliphatic carbocycles. The second-order valence-electron chi connectivity index (χ2n) is 7.66. The first-order chi connectivity index (χ1) is 12.6. The number of ether oxygens (including phenoxy) is 5. The number of hydrogen-bond donors (Lipinski definition) is 0. The van der Waals surface area contributed by atoms with Gasteiger partial charge in [0.15, 0.2) is 0 Å². The average Bonchev–Trinajstić information content (AvgIpc) is 2.64. The summed E-state index contributed by atoms with van der Waals surface area (Å²) in [5.41, 5.74) is 0.258. The van der Waals surface area contributed by atoms with Gasteiger partial charge in [0.1, 0.15) is 0 Å². The molecule has 0 aromatic heterocycles. The maximum Gasteiger partial charge on any atom is 0.285 e. The molecule has 0 radical (unpaired) electrons. The monoisotopic (exact) mass is 374 g/mol. The van der Waals surface area contributed by atoms with Crippen LogP contribution in [0.4, 0.5) is 0 Å². The van der Waals surface area contributed by atoms with Crippen molar-refractivity contribution in [2.75, 3.05) is 47.8 Å². The van der Waals surface area contributed by atoms with Gasteiger partial charge < -0.3 is 23.7 Å². The highest BCUT2D eigenvalue weighted by Crippen LogP contribution is 2.33. The van der Waals surface area contributed by atoms with Crippen LogP contribution >= 0.6 is 0 Å². The van der Waals surface area contributed by atoms with Gasteiger partial charge in [-0.1, -0.05) is 46.0 Å². The molecule has 5 heteroatoms. The van der Waals surface area contributed by atoms with Crippen LogP contribution in [0.2, 0.25) is 0 Å². The van der Waals surface area contributed by atoms with Crippen LogP contribution in [0.1, 0.15) is 71.6 Å². The molecule has 1 fully saturated rings. The van der Waals surface area contributed by atoms with E-state index in [2.05, 4.69) is 13.8 Å². The lowest BCUT2D eigenvalue weighted by atomic mass is 9.84. The molecular formula is C21H42O5. The van der Waals surface area contributed by atoms with E-state index >= 15 is 0 Å². The van der Waals surface area contributed by atoms with Gasteiger partial charge in [-0.2, -0.15) is 0 Å². The lowest BCUT2D eigenvalue weighted by Gasteiger charge is -2.40. The topological polar surface area (TPSA) is 46.2 Å². The van der Waals surface area contributed by atoms with E-state index in [1.807, 2.05) is 0 Å². The minimum atomic E-state index is -0.947. The first-order valence-corrected chi connectivity index (χ1v) is 10.4. The Morgan fingerprint density at radius 2 is 1.50 bits per heavy atom. The maximum absolute atomic E-state index is 5.95. The van der Waals surface area contributed by atoms with Crippen molar-refractivity contribution in [3.05, 3.63) is 0 Å². The molecule has 0 N–H and O–H groups in total. The quantitative estimate of drug-likeness (QED) is 0.271. The molecule has 0 spiro atoms. The second-order valence-corrected chi connectivity index (χ2v) is 7.66. The van der Waals surface area contributed by atoms with Gasteiger partial charge in [0, 0.05) is 39.3 Å². The van der Waals surface area contributed by atoms with Crippen molar-refractivity contribution >= 4 is 0 Å². The van der Waals surface area contributed by atoms with Crippen molar-refractivity contribution in [1.29, 1.82) is 0 Å². The molecule has 0 bridgehead atoms. The molecule has 1 aliphatic rings. The molecular weight excluding hydrogens is 332 g/mol. The van der Waals surface area contributed by atoms with E-state index in [0.29, 0.717) is 0 Å². The Morgan fingerprint density at radius 3 is 2.00 bits per heavy atom. The standard InChI is InChI=1S/C21H42O5/c1-6-8-9-10-11-13-19(21(22-3,23-4)24-5)14-12-15-25-16-20(7-2)17-26-18-20/h19H,6-18H2,1-5H3. The second kappa shape index (κ2) is 13.1. The minimum absolute atomic E-state index is 0.208. The fourth-order valence-corrected chi connectivity index (χ4v) is 3.74. The molecule has 0 saturated carbocycles. The van der Waals surface area contributed by atoms with Crippen LogP contribution in [-0.4, -0.2) is 53.7 Å².